The molecule has 1 N–H and O–H groups in total. The largest absolute Gasteiger partial charge is 0.394 e. The van der Waals surface area contributed by atoms with Gasteiger partial charge in [-0.2, -0.15) is 0 Å². The van der Waals surface area contributed by atoms with Crippen LogP contribution in [0.15, 0.2) is 6.07 Å². The van der Waals surface area contributed by atoms with Gasteiger partial charge in [0.15, 0.2) is 23.3 Å². The lowest BCUT2D eigenvalue weighted by Gasteiger charge is -2.09. The normalized spacial score (nSPS) is 13.0. The van der Waals surface area contributed by atoms with Crippen molar-refractivity contribution in [1.29, 1.82) is 0 Å². The second kappa shape index (κ2) is 4.14. The maximum atomic E-state index is 12.9. The van der Waals surface area contributed by atoms with Crippen molar-refractivity contribution in [2.45, 2.75) is 5.38 Å². The Morgan fingerprint density at radius 1 is 1.14 bits per heavy atom. The second-order valence-electron chi connectivity index (χ2n) is 2.53. The Bertz CT molecular complexity index is 329. The molecule has 0 saturated carbocycles. The molecule has 0 fully saturated rings. The highest BCUT2D eigenvalue weighted by molar-refractivity contribution is 6.20. The van der Waals surface area contributed by atoms with E-state index in [1.54, 1.807) is 0 Å². The molecule has 1 aromatic rings. The topological polar surface area (TPSA) is 20.2 Å². The fourth-order valence-electron chi connectivity index (χ4n) is 0.958. The van der Waals surface area contributed by atoms with E-state index in [2.05, 4.69) is 0 Å². The van der Waals surface area contributed by atoms with Crippen molar-refractivity contribution in [2.24, 2.45) is 0 Å². The van der Waals surface area contributed by atoms with E-state index in [1.165, 1.54) is 0 Å². The summed E-state index contributed by atoms with van der Waals surface area (Å²) in [6, 6.07) is 0.0785. The molecule has 0 radical (unpaired) electrons. The lowest BCUT2D eigenvalue weighted by atomic mass is 10.1. The van der Waals surface area contributed by atoms with Crippen molar-refractivity contribution >= 4 is 11.6 Å². The summed E-state index contributed by atoms with van der Waals surface area (Å²) in [6.07, 6.45) is 0. The number of benzene rings is 1. The van der Waals surface area contributed by atoms with Crippen LogP contribution in [0.4, 0.5) is 17.6 Å². The van der Waals surface area contributed by atoms with E-state index in [-0.39, 0.29) is 6.07 Å². The number of rotatable bonds is 2. The molecule has 0 spiro atoms. The lowest BCUT2D eigenvalue weighted by Crippen LogP contribution is -2.07. The molecule has 1 rings (SSSR count). The van der Waals surface area contributed by atoms with Crippen molar-refractivity contribution in [2.75, 3.05) is 6.61 Å². The molecule has 0 aliphatic carbocycles. The van der Waals surface area contributed by atoms with E-state index >= 15 is 0 Å². The Kier molecular flexibility index (Phi) is 3.34. The Hall–Kier alpha value is -0.810. The zero-order chi connectivity index (χ0) is 10.9. The van der Waals surface area contributed by atoms with Crippen LogP contribution in [0.1, 0.15) is 10.9 Å². The molecular formula is C8H5ClF4O. The first-order valence-electron chi connectivity index (χ1n) is 3.56. The highest BCUT2D eigenvalue weighted by atomic mass is 35.5. The average molecular weight is 229 g/mol. The Morgan fingerprint density at radius 2 is 1.57 bits per heavy atom. The molecular weight excluding hydrogens is 224 g/mol. The smallest absolute Gasteiger partial charge is 0.166 e. The van der Waals surface area contributed by atoms with E-state index in [1.807, 2.05) is 0 Å². The number of hydrogen-bond donors (Lipinski definition) is 1. The first-order valence-corrected chi connectivity index (χ1v) is 4.00. The van der Waals surface area contributed by atoms with Gasteiger partial charge in [0.1, 0.15) is 0 Å². The highest BCUT2D eigenvalue weighted by Gasteiger charge is 2.24. The minimum atomic E-state index is -1.59. The van der Waals surface area contributed by atoms with Gasteiger partial charge in [-0.15, -0.1) is 11.6 Å². The Labute approximate surface area is 81.9 Å². The number of hydrogen-bond acceptors (Lipinski definition) is 1. The fraction of sp³-hybridized carbons (Fsp3) is 0.250. The van der Waals surface area contributed by atoms with Gasteiger partial charge in [-0.25, -0.2) is 17.6 Å². The summed E-state index contributed by atoms with van der Waals surface area (Å²) in [4.78, 5) is 0. The summed E-state index contributed by atoms with van der Waals surface area (Å²) in [7, 11) is 0. The lowest BCUT2D eigenvalue weighted by molar-refractivity contribution is 0.287. The molecule has 1 unspecified atom stereocenters. The zero-order valence-electron chi connectivity index (χ0n) is 6.70. The number of alkyl halides is 1. The second-order valence-corrected chi connectivity index (χ2v) is 3.06. The van der Waals surface area contributed by atoms with Gasteiger partial charge in [-0.3, -0.25) is 0 Å². The van der Waals surface area contributed by atoms with Crippen LogP contribution in [0, 0.1) is 23.3 Å². The highest BCUT2D eigenvalue weighted by Crippen LogP contribution is 2.28. The monoisotopic (exact) mass is 228 g/mol. The number of aliphatic hydroxyl groups excluding tert-OH is 1. The van der Waals surface area contributed by atoms with E-state index < -0.39 is 40.8 Å². The molecule has 0 amide bonds. The molecule has 0 aromatic heterocycles. The molecule has 78 valence electrons. The SMILES string of the molecule is OCC(Cl)c1c(F)c(F)cc(F)c1F. The molecule has 0 aliphatic rings. The van der Waals surface area contributed by atoms with Gasteiger partial charge in [0.2, 0.25) is 0 Å². The van der Waals surface area contributed by atoms with E-state index in [0.29, 0.717) is 0 Å². The summed E-state index contributed by atoms with van der Waals surface area (Å²) in [5.41, 5.74) is -0.994. The first kappa shape index (κ1) is 11.3. The zero-order valence-corrected chi connectivity index (χ0v) is 7.45. The third-order valence-corrected chi connectivity index (χ3v) is 1.98. The maximum Gasteiger partial charge on any atom is 0.166 e. The van der Waals surface area contributed by atoms with Crippen LogP contribution in [-0.2, 0) is 0 Å². The molecule has 1 nitrogen and oxygen atoms in total. The minimum Gasteiger partial charge on any atom is -0.394 e. The molecule has 0 heterocycles. The minimum absolute atomic E-state index is 0.0785. The van der Waals surface area contributed by atoms with E-state index in [4.69, 9.17) is 16.7 Å². The Balaban J connectivity index is 3.39. The van der Waals surface area contributed by atoms with Crippen molar-refractivity contribution < 1.29 is 22.7 Å². The van der Waals surface area contributed by atoms with Crippen LogP contribution in [0.25, 0.3) is 0 Å². The predicted octanol–water partition coefficient (Wildman–Crippen LogP) is 2.52. The van der Waals surface area contributed by atoms with Gasteiger partial charge in [0.25, 0.3) is 0 Å². The summed E-state index contributed by atoms with van der Waals surface area (Å²) < 4.78 is 51.0. The number of aliphatic hydroxyl groups is 1. The number of halogens is 5. The molecule has 0 bridgehead atoms. The van der Waals surface area contributed by atoms with Gasteiger partial charge in [0, 0.05) is 11.6 Å². The third-order valence-electron chi connectivity index (χ3n) is 1.62. The van der Waals surface area contributed by atoms with Crippen LogP contribution in [0.3, 0.4) is 0 Å². The van der Waals surface area contributed by atoms with E-state index in [0.717, 1.165) is 0 Å². The summed E-state index contributed by atoms with van der Waals surface area (Å²) >= 11 is 5.28. The Morgan fingerprint density at radius 3 is 1.93 bits per heavy atom. The molecule has 1 aromatic carbocycles. The molecule has 14 heavy (non-hydrogen) atoms. The first-order chi connectivity index (χ1) is 6.49. The average Bonchev–Trinajstić information content (AvgIpc) is 2.15. The van der Waals surface area contributed by atoms with Gasteiger partial charge in [-0.1, -0.05) is 0 Å². The van der Waals surface area contributed by atoms with Crippen molar-refractivity contribution in [3.63, 3.8) is 0 Å². The van der Waals surface area contributed by atoms with Gasteiger partial charge in [0.05, 0.1) is 12.0 Å². The van der Waals surface area contributed by atoms with Crippen LogP contribution in [-0.4, -0.2) is 11.7 Å². The summed E-state index contributed by atoms with van der Waals surface area (Å²) in [5, 5.41) is 6.99. The molecule has 6 heteroatoms. The van der Waals surface area contributed by atoms with Crippen molar-refractivity contribution in [3.8, 4) is 0 Å². The predicted molar refractivity (Wildman–Crippen MR) is 42.0 cm³/mol. The molecule has 1 atom stereocenters. The molecule has 0 saturated heterocycles. The standard InChI is InChI=1S/C8H5ClF4O/c9-3(2-14)6-7(12)4(10)1-5(11)8(6)13/h1,3,14H,2H2. The van der Waals surface area contributed by atoms with Crippen molar-refractivity contribution in [1.82, 2.24) is 0 Å². The third kappa shape index (κ3) is 1.83. The van der Waals surface area contributed by atoms with Gasteiger partial charge >= 0.3 is 0 Å². The van der Waals surface area contributed by atoms with Crippen LogP contribution in [0.5, 0.6) is 0 Å². The molecule has 0 aliphatic heterocycles. The van der Waals surface area contributed by atoms with Crippen LogP contribution in [0.2, 0.25) is 0 Å². The van der Waals surface area contributed by atoms with Crippen LogP contribution >= 0.6 is 11.6 Å². The van der Waals surface area contributed by atoms with Crippen LogP contribution < -0.4 is 0 Å². The summed E-state index contributed by atoms with van der Waals surface area (Å²) in [6.45, 7) is -0.821. The van der Waals surface area contributed by atoms with Gasteiger partial charge < -0.3 is 5.11 Å². The fourth-order valence-corrected chi connectivity index (χ4v) is 1.15. The van der Waals surface area contributed by atoms with Crippen molar-refractivity contribution in [3.05, 3.63) is 34.9 Å². The maximum absolute atomic E-state index is 12.9. The summed E-state index contributed by atoms with van der Waals surface area (Å²) in [5.74, 6) is -6.26. The van der Waals surface area contributed by atoms with Gasteiger partial charge in [-0.05, 0) is 0 Å². The quantitative estimate of drug-likeness (QED) is 0.469. The van der Waals surface area contributed by atoms with E-state index in [9.17, 15) is 17.6 Å².